The van der Waals surface area contributed by atoms with Crippen LogP contribution in [0.3, 0.4) is 0 Å². The fraction of sp³-hybridized carbons (Fsp3) is 0.600. The number of carbonyl (C=O) groups excluding carboxylic acids is 1. The zero-order valence-corrected chi connectivity index (χ0v) is 12.7. The molecule has 0 radical (unpaired) electrons. The Hall–Kier alpha value is -1.60. The van der Waals surface area contributed by atoms with Crippen LogP contribution >= 0.6 is 0 Å². The highest BCUT2D eigenvalue weighted by molar-refractivity contribution is 5.92. The van der Waals surface area contributed by atoms with E-state index >= 15 is 0 Å². The van der Waals surface area contributed by atoms with E-state index in [2.05, 4.69) is 4.98 Å². The predicted molar refractivity (Wildman–Crippen MR) is 75.3 cm³/mol. The van der Waals surface area contributed by atoms with Crippen molar-refractivity contribution in [1.82, 2.24) is 9.88 Å². The standard InChI is InChI=1S/C15H20F2N2O3/c1-10-9-19(5-3-15(10,21)4-6-22-2)14(20)13-12(17)7-11(16)8-18-13/h7-8,10,21H,3-6,9H2,1-2H3/t10-,15-/m1/s1. The third kappa shape index (κ3) is 3.41. The number of amides is 1. The SMILES string of the molecule is COCC[C@]1(O)CCN(C(=O)c2ncc(F)cc2F)C[C@H]1C. The molecule has 0 spiro atoms. The van der Waals surface area contributed by atoms with Crippen LogP contribution in [0.15, 0.2) is 12.3 Å². The third-order valence-electron chi connectivity index (χ3n) is 4.26. The quantitative estimate of drug-likeness (QED) is 0.917. The molecule has 1 amide bonds. The fourth-order valence-electron chi connectivity index (χ4n) is 2.72. The first kappa shape index (κ1) is 16.8. The monoisotopic (exact) mass is 314 g/mol. The molecular weight excluding hydrogens is 294 g/mol. The molecular formula is C15H20F2N2O3. The van der Waals surface area contributed by atoms with Gasteiger partial charge in [-0.1, -0.05) is 6.92 Å². The fourth-order valence-corrected chi connectivity index (χ4v) is 2.72. The second kappa shape index (κ2) is 6.66. The molecule has 7 heteroatoms. The zero-order chi connectivity index (χ0) is 16.3. The van der Waals surface area contributed by atoms with Crippen molar-refractivity contribution >= 4 is 5.91 Å². The molecule has 1 fully saturated rings. The minimum Gasteiger partial charge on any atom is -0.389 e. The van der Waals surface area contributed by atoms with Crippen molar-refractivity contribution in [3.63, 3.8) is 0 Å². The van der Waals surface area contributed by atoms with E-state index in [-0.39, 0.29) is 12.5 Å². The number of aromatic nitrogens is 1. The van der Waals surface area contributed by atoms with Crippen molar-refractivity contribution in [2.45, 2.75) is 25.4 Å². The normalized spacial score (nSPS) is 25.3. The van der Waals surface area contributed by atoms with Gasteiger partial charge in [0.1, 0.15) is 5.82 Å². The summed E-state index contributed by atoms with van der Waals surface area (Å²) in [6, 6.07) is 0.641. The molecule has 1 saturated heterocycles. The van der Waals surface area contributed by atoms with Gasteiger partial charge < -0.3 is 14.7 Å². The first-order valence-corrected chi connectivity index (χ1v) is 7.19. The van der Waals surface area contributed by atoms with Crippen molar-refractivity contribution in [2.24, 2.45) is 5.92 Å². The minimum absolute atomic E-state index is 0.177. The van der Waals surface area contributed by atoms with Crippen LogP contribution in [-0.4, -0.2) is 53.3 Å². The van der Waals surface area contributed by atoms with Gasteiger partial charge in [-0.15, -0.1) is 0 Å². The van der Waals surface area contributed by atoms with E-state index in [9.17, 15) is 18.7 Å². The van der Waals surface area contributed by atoms with Crippen LogP contribution < -0.4 is 0 Å². The first-order valence-electron chi connectivity index (χ1n) is 7.19. The highest BCUT2D eigenvalue weighted by Crippen LogP contribution is 2.31. The van der Waals surface area contributed by atoms with E-state index in [0.717, 1.165) is 6.20 Å². The summed E-state index contributed by atoms with van der Waals surface area (Å²) < 4.78 is 31.5. The number of aliphatic hydroxyl groups is 1. The van der Waals surface area contributed by atoms with E-state index in [1.807, 2.05) is 6.92 Å². The van der Waals surface area contributed by atoms with Gasteiger partial charge in [0.15, 0.2) is 11.5 Å². The highest BCUT2D eigenvalue weighted by atomic mass is 19.1. The molecule has 0 aliphatic carbocycles. The number of piperidine rings is 1. The molecule has 1 N–H and O–H groups in total. The lowest BCUT2D eigenvalue weighted by Crippen LogP contribution is -2.53. The van der Waals surface area contributed by atoms with Crippen molar-refractivity contribution in [1.29, 1.82) is 0 Å². The summed E-state index contributed by atoms with van der Waals surface area (Å²) in [4.78, 5) is 17.3. The molecule has 2 heterocycles. The second-order valence-electron chi connectivity index (χ2n) is 5.73. The molecule has 5 nitrogen and oxygen atoms in total. The van der Waals surface area contributed by atoms with Gasteiger partial charge in [0.05, 0.1) is 11.8 Å². The van der Waals surface area contributed by atoms with Crippen LogP contribution in [0.1, 0.15) is 30.3 Å². The average Bonchev–Trinajstić information content (AvgIpc) is 2.47. The molecule has 1 aliphatic heterocycles. The number of rotatable bonds is 4. The number of hydrogen-bond acceptors (Lipinski definition) is 4. The largest absolute Gasteiger partial charge is 0.389 e. The predicted octanol–water partition coefficient (Wildman–Crippen LogP) is 1.61. The van der Waals surface area contributed by atoms with E-state index in [1.165, 1.54) is 4.90 Å². The molecule has 122 valence electrons. The molecule has 1 aromatic heterocycles. The number of nitrogens with zero attached hydrogens (tertiary/aromatic N) is 2. The van der Waals surface area contributed by atoms with Gasteiger partial charge in [0.25, 0.3) is 5.91 Å². The molecule has 0 bridgehead atoms. The summed E-state index contributed by atoms with van der Waals surface area (Å²) in [7, 11) is 1.57. The van der Waals surface area contributed by atoms with Crippen LogP contribution in [0.2, 0.25) is 0 Å². The molecule has 2 atom stereocenters. The molecule has 2 rings (SSSR count). The average molecular weight is 314 g/mol. The van der Waals surface area contributed by atoms with Gasteiger partial charge in [-0.05, 0) is 12.8 Å². The van der Waals surface area contributed by atoms with Crippen molar-refractivity contribution < 1.29 is 23.4 Å². The van der Waals surface area contributed by atoms with Gasteiger partial charge in [0.2, 0.25) is 0 Å². The van der Waals surface area contributed by atoms with Crippen molar-refractivity contribution in [3.8, 4) is 0 Å². The number of likely N-dealkylation sites (tertiary alicyclic amines) is 1. The summed E-state index contributed by atoms with van der Waals surface area (Å²) in [5.74, 6) is -2.56. The van der Waals surface area contributed by atoms with Crippen LogP contribution in [0.5, 0.6) is 0 Å². The van der Waals surface area contributed by atoms with Crippen LogP contribution in [0.25, 0.3) is 0 Å². The van der Waals surface area contributed by atoms with Gasteiger partial charge >= 0.3 is 0 Å². The minimum atomic E-state index is -0.974. The Labute approximate surface area is 127 Å². The maximum Gasteiger partial charge on any atom is 0.275 e. The van der Waals surface area contributed by atoms with E-state index in [0.29, 0.717) is 32.1 Å². The third-order valence-corrected chi connectivity index (χ3v) is 4.26. The Morgan fingerprint density at radius 3 is 2.91 bits per heavy atom. The number of halogens is 2. The molecule has 0 unspecified atom stereocenters. The Morgan fingerprint density at radius 2 is 2.32 bits per heavy atom. The maximum atomic E-state index is 13.7. The van der Waals surface area contributed by atoms with Gasteiger partial charge in [-0.2, -0.15) is 0 Å². The molecule has 22 heavy (non-hydrogen) atoms. The van der Waals surface area contributed by atoms with E-state index < -0.39 is 28.8 Å². The van der Waals surface area contributed by atoms with Crippen molar-refractivity contribution in [3.05, 3.63) is 29.6 Å². The molecule has 0 saturated carbocycles. The van der Waals surface area contributed by atoms with Gasteiger partial charge in [-0.25, -0.2) is 13.8 Å². The lowest BCUT2D eigenvalue weighted by molar-refractivity contribution is -0.0751. The second-order valence-corrected chi connectivity index (χ2v) is 5.73. The van der Waals surface area contributed by atoms with E-state index in [4.69, 9.17) is 4.74 Å². The maximum absolute atomic E-state index is 13.7. The smallest absolute Gasteiger partial charge is 0.275 e. The van der Waals surface area contributed by atoms with Crippen LogP contribution in [0.4, 0.5) is 8.78 Å². The summed E-state index contributed by atoms with van der Waals surface area (Å²) in [5, 5.41) is 10.6. The summed E-state index contributed by atoms with van der Waals surface area (Å²) in [6.07, 6.45) is 1.68. The molecule has 0 aromatic carbocycles. The number of pyridine rings is 1. The molecule has 1 aliphatic rings. The van der Waals surface area contributed by atoms with Crippen LogP contribution in [-0.2, 0) is 4.74 Å². The Bertz CT molecular complexity index is 556. The van der Waals surface area contributed by atoms with Gasteiger partial charge in [0, 0.05) is 38.8 Å². The molecule has 1 aromatic rings. The number of carbonyl (C=O) groups is 1. The van der Waals surface area contributed by atoms with Gasteiger partial charge in [-0.3, -0.25) is 4.79 Å². The summed E-state index contributed by atoms with van der Waals surface area (Å²) in [6.45, 7) is 2.85. The number of ether oxygens (including phenoxy) is 1. The highest BCUT2D eigenvalue weighted by Gasteiger charge is 2.40. The number of hydrogen-bond donors (Lipinski definition) is 1. The lowest BCUT2D eigenvalue weighted by atomic mass is 9.80. The van der Waals surface area contributed by atoms with Crippen LogP contribution in [0, 0.1) is 17.6 Å². The number of methoxy groups -OCH3 is 1. The lowest BCUT2D eigenvalue weighted by Gasteiger charge is -2.43. The Morgan fingerprint density at radius 1 is 1.59 bits per heavy atom. The summed E-state index contributed by atoms with van der Waals surface area (Å²) >= 11 is 0. The van der Waals surface area contributed by atoms with Crippen molar-refractivity contribution in [2.75, 3.05) is 26.8 Å². The zero-order valence-electron chi connectivity index (χ0n) is 12.7. The Kier molecular flexibility index (Phi) is 5.08. The Balaban J connectivity index is 2.08. The first-order chi connectivity index (χ1) is 10.4. The van der Waals surface area contributed by atoms with E-state index in [1.54, 1.807) is 7.11 Å². The topological polar surface area (TPSA) is 62.7 Å². The summed E-state index contributed by atoms with van der Waals surface area (Å²) in [5.41, 5.74) is -1.29.